The number of hydrogen-bond donors (Lipinski definition) is 6. The molecule has 0 atom stereocenters. The van der Waals surface area contributed by atoms with Gasteiger partial charge < -0.3 is 15.3 Å². The molecule has 6 N–H and O–H groups in total. The van der Waals surface area contributed by atoms with E-state index in [4.69, 9.17) is 0 Å². The molecule has 4 rings (SSSR count). The van der Waals surface area contributed by atoms with Crippen molar-refractivity contribution >= 4 is 75.8 Å². The topological polar surface area (TPSA) is 307 Å². The van der Waals surface area contributed by atoms with Gasteiger partial charge in [-0.2, -0.15) is 30.4 Å². The number of carboxylic acids is 2. The fraction of sp³-hybridized carbons (Fsp3) is 0. The van der Waals surface area contributed by atoms with E-state index in [1.165, 1.54) is 0 Å². The van der Waals surface area contributed by atoms with Gasteiger partial charge in [-0.3, -0.25) is 13.7 Å². The van der Waals surface area contributed by atoms with Gasteiger partial charge in [-0.25, -0.2) is 9.59 Å². The Labute approximate surface area is 251 Å². The van der Waals surface area contributed by atoms with Gasteiger partial charge in [-0.1, -0.05) is 0 Å². The standard InChI is InChI=1S/C24H16N4O14S3/c29-22-15-4-2-13(43(34,35)36)7-11(15)8-20(45(40,41)42)21(22)28-26-18-6-1-12(9-17(18)24(32)33)25-27-19-10-14(44(37,38)39)3-5-16(19)23(30)31/h1-10,29H,(H,30,31)(H,32,33)(H,34,35,36)(H,37,38,39)(H,40,41,42)/b27-25+,28-26+. The first-order valence-electron chi connectivity index (χ1n) is 11.6. The van der Waals surface area contributed by atoms with Crippen LogP contribution < -0.4 is 0 Å². The molecule has 0 bridgehead atoms. The highest BCUT2D eigenvalue weighted by Crippen LogP contribution is 2.42. The van der Waals surface area contributed by atoms with Crippen molar-refractivity contribution in [3.63, 3.8) is 0 Å². The number of azo groups is 2. The van der Waals surface area contributed by atoms with Gasteiger partial charge in [-0.05, 0) is 66.0 Å². The van der Waals surface area contributed by atoms with Crippen LogP contribution in [-0.2, 0) is 30.4 Å². The molecule has 0 amide bonds. The van der Waals surface area contributed by atoms with Crippen molar-refractivity contribution in [3.05, 3.63) is 71.8 Å². The smallest absolute Gasteiger partial charge is 0.338 e. The Morgan fingerprint density at radius 2 is 1.16 bits per heavy atom. The largest absolute Gasteiger partial charge is 0.505 e. The average Bonchev–Trinajstić information content (AvgIpc) is 2.93. The first kappa shape index (κ1) is 32.7. The van der Waals surface area contributed by atoms with Gasteiger partial charge in [0.1, 0.15) is 22.0 Å². The molecule has 21 heteroatoms. The lowest BCUT2D eigenvalue weighted by atomic mass is 10.1. The highest BCUT2D eigenvalue weighted by Gasteiger charge is 2.24. The molecule has 0 fully saturated rings. The molecule has 18 nitrogen and oxygen atoms in total. The predicted octanol–water partition coefficient (Wildman–Crippen LogP) is 4.51. The number of nitrogens with zero attached hydrogens (tertiary/aromatic N) is 4. The Morgan fingerprint density at radius 1 is 0.578 bits per heavy atom. The molecule has 0 aromatic heterocycles. The number of phenols is 1. The van der Waals surface area contributed by atoms with Crippen molar-refractivity contribution in [2.45, 2.75) is 14.7 Å². The third kappa shape index (κ3) is 7.14. The van der Waals surface area contributed by atoms with Gasteiger partial charge in [0.15, 0.2) is 5.75 Å². The number of hydrogen-bond acceptors (Lipinski definition) is 13. The molecule has 4 aromatic carbocycles. The van der Waals surface area contributed by atoms with E-state index in [0.29, 0.717) is 0 Å². The maximum atomic E-state index is 12.1. The van der Waals surface area contributed by atoms with Crippen molar-refractivity contribution in [1.82, 2.24) is 0 Å². The second kappa shape index (κ2) is 11.7. The summed E-state index contributed by atoms with van der Waals surface area (Å²) in [6.45, 7) is 0. The normalized spacial score (nSPS) is 12.7. The minimum atomic E-state index is -5.15. The van der Waals surface area contributed by atoms with Gasteiger partial charge in [0, 0.05) is 5.39 Å². The van der Waals surface area contributed by atoms with Gasteiger partial charge in [0.05, 0.1) is 26.6 Å². The maximum absolute atomic E-state index is 12.1. The van der Waals surface area contributed by atoms with Crippen LogP contribution in [-0.4, -0.2) is 66.2 Å². The van der Waals surface area contributed by atoms with Crippen molar-refractivity contribution in [3.8, 4) is 5.75 Å². The number of aromatic carboxylic acids is 2. The number of fused-ring (bicyclic) bond motifs is 1. The summed E-state index contributed by atoms with van der Waals surface area (Å²) in [7, 11) is -14.6. The molecule has 45 heavy (non-hydrogen) atoms. The summed E-state index contributed by atoms with van der Waals surface area (Å²) in [6, 6.07) is 8.83. The predicted molar refractivity (Wildman–Crippen MR) is 150 cm³/mol. The first-order chi connectivity index (χ1) is 20.8. The number of carboxylic acid groups (broad SMARTS) is 2. The molecule has 0 aliphatic heterocycles. The summed E-state index contributed by atoms with van der Waals surface area (Å²) in [4.78, 5) is 21.0. The van der Waals surface area contributed by atoms with Crippen molar-refractivity contribution in [1.29, 1.82) is 0 Å². The third-order valence-corrected chi connectivity index (χ3v) is 8.40. The van der Waals surface area contributed by atoms with Crippen LogP contribution in [0.4, 0.5) is 22.7 Å². The molecule has 0 saturated heterocycles. The molecule has 0 spiro atoms. The van der Waals surface area contributed by atoms with Gasteiger partial charge >= 0.3 is 11.9 Å². The number of aromatic hydroxyl groups is 1. The van der Waals surface area contributed by atoms with E-state index in [1.807, 2.05) is 0 Å². The number of carbonyl (C=O) groups is 2. The molecule has 0 radical (unpaired) electrons. The average molecular weight is 681 g/mol. The van der Waals surface area contributed by atoms with Crippen LogP contribution in [0, 0.1) is 0 Å². The van der Waals surface area contributed by atoms with Crippen molar-refractivity contribution in [2.75, 3.05) is 0 Å². The molecular formula is C24H16N4O14S3. The molecule has 0 saturated carbocycles. The second-order valence-electron chi connectivity index (χ2n) is 8.77. The Balaban J connectivity index is 1.80. The SMILES string of the molecule is O=C(O)c1ccc(S(=O)(=O)O)cc1/N=N/c1ccc(/N=N/c2c(S(=O)(=O)O)cc3cc(S(=O)(=O)O)ccc3c2O)c(C(=O)O)c1. The Kier molecular flexibility index (Phi) is 8.52. The van der Waals surface area contributed by atoms with Crippen LogP contribution in [0.3, 0.4) is 0 Å². The van der Waals surface area contributed by atoms with Crippen LogP contribution in [0.1, 0.15) is 20.7 Å². The highest BCUT2D eigenvalue weighted by atomic mass is 32.2. The highest BCUT2D eigenvalue weighted by molar-refractivity contribution is 7.86. The van der Waals surface area contributed by atoms with Gasteiger partial charge in [-0.15, -0.1) is 15.3 Å². The summed E-state index contributed by atoms with van der Waals surface area (Å²) in [5, 5.41) is 43.9. The van der Waals surface area contributed by atoms with Crippen LogP contribution >= 0.6 is 0 Å². The fourth-order valence-electron chi connectivity index (χ4n) is 3.78. The summed E-state index contributed by atoms with van der Waals surface area (Å²) in [6.07, 6.45) is 0. The number of benzene rings is 4. The summed E-state index contributed by atoms with van der Waals surface area (Å²) in [5.74, 6) is -4.04. The van der Waals surface area contributed by atoms with Crippen LogP contribution in [0.2, 0.25) is 0 Å². The third-order valence-electron chi connectivity index (χ3n) is 5.84. The van der Waals surface area contributed by atoms with E-state index in [-0.39, 0.29) is 16.5 Å². The molecule has 0 heterocycles. The molecular weight excluding hydrogens is 664 g/mol. The lowest BCUT2D eigenvalue weighted by molar-refractivity contribution is 0.0687. The second-order valence-corrected chi connectivity index (χ2v) is 13.0. The zero-order valence-electron chi connectivity index (χ0n) is 21.7. The lowest BCUT2D eigenvalue weighted by Crippen LogP contribution is -2.01. The van der Waals surface area contributed by atoms with E-state index < -0.39 is 90.9 Å². The van der Waals surface area contributed by atoms with E-state index >= 15 is 0 Å². The quantitative estimate of drug-likeness (QED) is 0.105. The number of phenolic OH excluding ortho intramolecular Hbond substituents is 1. The van der Waals surface area contributed by atoms with E-state index in [1.54, 1.807) is 0 Å². The zero-order valence-corrected chi connectivity index (χ0v) is 24.2. The minimum Gasteiger partial charge on any atom is -0.505 e. The van der Waals surface area contributed by atoms with Crippen LogP contribution in [0.15, 0.2) is 95.8 Å². The summed E-state index contributed by atoms with van der Waals surface area (Å²) < 4.78 is 98.1. The van der Waals surface area contributed by atoms with E-state index in [2.05, 4.69) is 20.5 Å². The Hall–Kier alpha value is -5.19. The molecule has 0 unspecified atom stereocenters. The van der Waals surface area contributed by atoms with Crippen molar-refractivity contribution in [2.24, 2.45) is 20.5 Å². The molecule has 234 valence electrons. The van der Waals surface area contributed by atoms with Crippen LogP contribution in [0.25, 0.3) is 10.8 Å². The molecule has 0 aliphatic carbocycles. The van der Waals surface area contributed by atoms with Crippen LogP contribution in [0.5, 0.6) is 5.75 Å². The monoisotopic (exact) mass is 680 g/mol. The van der Waals surface area contributed by atoms with E-state index in [9.17, 15) is 63.8 Å². The van der Waals surface area contributed by atoms with Gasteiger partial charge in [0.2, 0.25) is 0 Å². The minimum absolute atomic E-state index is 0.184. The lowest BCUT2D eigenvalue weighted by Gasteiger charge is -2.10. The molecule has 0 aliphatic rings. The molecule has 4 aromatic rings. The van der Waals surface area contributed by atoms with E-state index in [0.717, 1.165) is 60.7 Å². The Morgan fingerprint density at radius 3 is 1.73 bits per heavy atom. The van der Waals surface area contributed by atoms with Crippen molar-refractivity contribution < 1.29 is 63.8 Å². The van der Waals surface area contributed by atoms with Gasteiger partial charge in [0.25, 0.3) is 30.4 Å². The fourth-order valence-corrected chi connectivity index (χ4v) is 5.45. The summed E-state index contributed by atoms with van der Waals surface area (Å²) in [5.41, 5.74) is -3.15. The maximum Gasteiger partial charge on any atom is 0.338 e. The Bertz CT molecular complexity index is 2320. The number of rotatable bonds is 9. The first-order valence-corrected chi connectivity index (χ1v) is 15.9. The summed E-state index contributed by atoms with van der Waals surface area (Å²) >= 11 is 0. The zero-order chi connectivity index (χ0) is 33.5.